The molecule has 0 amide bonds. The first-order chi connectivity index (χ1) is 8.75. The third-order valence-electron chi connectivity index (χ3n) is 2.36. The Morgan fingerprint density at radius 1 is 1.11 bits per heavy atom. The third kappa shape index (κ3) is 3.74. The van der Waals surface area contributed by atoms with Gasteiger partial charge in [-0.3, -0.25) is 0 Å². The van der Waals surface area contributed by atoms with E-state index in [9.17, 15) is 4.39 Å². The predicted octanol–water partition coefficient (Wildman–Crippen LogP) is 4.08. The summed E-state index contributed by atoms with van der Waals surface area (Å²) in [5.41, 5.74) is 0.496. The van der Waals surface area contributed by atoms with Crippen molar-refractivity contribution < 1.29 is 9.13 Å². The van der Waals surface area contributed by atoms with Gasteiger partial charge in [-0.1, -0.05) is 34.1 Å². The van der Waals surface area contributed by atoms with Crippen molar-refractivity contribution in [3.05, 3.63) is 58.8 Å². The van der Waals surface area contributed by atoms with Gasteiger partial charge in [0.1, 0.15) is 18.2 Å². The maximum atomic E-state index is 13.3. The molecule has 0 aliphatic carbocycles. The number of rotatable bonds is 5. The van der Waals surface area contributed by atoms with Crippen molar-refractivity contribution in [2.75, 3.05) is 18.5 Å². The quantitative estimate of drug-likeness (QED) is 0.840. The molecule has 1 N–H and O–H groups in total. The van der Waals surface area contributed by atoms with Crippen molar-refractivity contribution >= 4 is 21.6 Å². The first kappa shape index (κ1) is 12.9. The van der Waals surface area contributed by atoms with E-state index in [0.29, 0.717) is 18.8 Å². The van der Waals surface area contributed by atoms with Gasteiger partial charge in [-0.15, -0.1) is 0 Å². The standard InChI is InChI=1S/C14H13BrFNO/c15-11-4-3-5-12(10-11)18-9-8-17-14-7-2-1-6-13(14)16/h1-7,10,17H,8-9H2. The van der Waals surface area contributed by atoms with E-state index in [2.05, 4.69) is 21.2 Å². The topological polar surface area (TPSA) is 21.3 Å². The van der Waals surface area contributed by atoms with E-state index < -0.39 is 0 Å². The van der Waals surface area contributed by atoms with Gasteiger partial charge in [0.15, 0.2) is 0 Å². The zero-order valence-electron chi connectivity index (χ0n) is 9.70. The molecule has 0 saturated carbocycles. The fourth-order valence-electron chi connectivity index (χ4n) is 1.52. The lowest BCUT2D eigenvalue weighted by Crippen LogP contribution is -2.12. The number of anilines is 1. The monoisotopic (exact) mass is 309 g/mol. The minimum Gasteiger partial charge on any atom is -0.492 e. The average Bonchev–Trinajstić information content (AvgIpc) is 2.37. The molecular formula is C14H13BrFNO. The summed E-state index contributed by atoms with van der Waals surface area (Å²) in [4.78, 5) is 0. The summed E-state index contributed by atoms with van der Waals surface area (Å²) in [6, 6.07) is 14.2. The van der Waals surface area contributed by atoms with Crippen LogP contribution in [-0.2, 0) is 0 Å². The maximum Gasteiger partial charge on any atom is 0.146 e. The van der Waals surface area contributed by atoms with Crippen LogP contribution >= 0.6 is 15.9 Å². The number of benzene rings is 2. The summed E-state index contributed by atoms with van der Waals surface area (Å²) in [5.74, 6) is 0.541. The first-order valence-corrected chi connectivity index (χ1v) is 6.42. The molecule has 0 heterocycles. The molecule has 0 fully saturated rings. The van der Waals surface area contributed by atoms with Crippen LogP contribution in [0.15, 0.2) is 53.0 Å². The maximum absolute atomic E-state index is 13.3. The Kier molecular flexibility index (Phi) is 4.59. The van der Waals surface area contributed by atoms with Gasteiger partial charge in [-0.2, -0.15) is 0 Å². The number of halogens is 2. The van der Waals surface area contributed by atoms with Crippen molar-refractivity contribution in [3.8, 4) is 5.75 Å². The minimum atomic E-state index is -0.250. The molecule has 2 aromatic carbocycles. The number of hydrogen-bond donors (Lipinski definition) is 1. The molecule has 94 valence electrons. The van der Waals surface area contributed by atoms with Crippen LogP contribution in [0.1, 0.15) is 0 Å². The normalized spacial score (nSPS) is 10.1. The molecule has 0 unspecified atom stereocenters. The van der Waals surface area contributed by atoms with Gasteiger partial charge in [0.2, 0.25) is 0 Å². The summed E-state index contributed by atoms with van der Waals surface area (Å²) < 4.78 is 19.8. The largest absolute Gasteiger partial charge is 0.492 e. The molecule has 2 aromatic rings. The van der Waals surface area contributed by atoms with Crippen LogP contribution in [0.25, 0.3) is 0 Å². The summed E-state index contributed by atoms with van der Waals surface area (Å²) in [5, 5.41) is 2.99. The van der Waals surface area contributed by atoms with Gasteiger partial charge in [-0.25, -0.2) is 4.39 Å². The highest BCUT2D eigenvalue weighted by atomic mass is 79.9. The Hall–Kier alpha value is -1.55. The first-order valence-electron chi connectivity index (χ1n) is 5.62. The highest BCUT2D eigenvalue weighted by Crippen LogP contribution is 2.17. The molecule has 0 aliphatic heterocycles. The zero-order chi connectivity index (χ0) is 12.8. The molecule has 0 spiro atoms. The van der Waals surface area contributed by atoms with Crippen molar-refractivity contribution in [2.24, 2.45) is 0 Å². The lowest BCUT2D eigenvalue weighted by atomic mass is 10.3. The molecule has 0 radical (unpaired) electrons. The second-order valence-corrected chi connectivity index (χ2v) is 4.63. The Labute approximate surface area is 114 Å². The molecule has 0 aliphatic rings. The van der Waals surface area contributed by atoms with Gasteiger partial charge in [-0.05, 0) is 30.3 Å². The van der Waals surface area contributed by atoms with Crippen LogP contribution in [-0.4, -0.2) is 13.2 Å². The third-order valence-corrected chi connectivity index (χ3v) is 2.85. The summed E-state index contributed by atoms with van der Waals surface area (Å²) in [7, 11) is 0. The van der Waals surface area contributed by atoms with Crippen LogP contribution in [0.2, 0.25) is 0 Å². The van der Waals surface area contributed by atoms with E-state index in [4.69, 9.17) is 4.74 Å². The molecule has 0 atom stereocenters. The van der Waals surface area contributed by atoms with Crippen LogP contribution in [0.5, 0.6) is 5.75 Å². The van der Waals surface area contributed by atoms with Gasteiger partial charge in [0, 0.05) is 11.0 Å². The number of nitrogens with one attached hydrogen (secondary N) is 1. The van der Waals surface area contributed by atoms with Crippen LogP contribution in [0.3, 0.4) is 0 Å². The smallest absolute Gasteiger partial charge is 0.146 e. The van der Waals surface area contributed by atoms with E-state index in [1.807, 2.05) is 24.3 Å². The number of ether oxygens (including phenoxy) is 1. The fraction of sp³-hybridized carbons (Fsp3) is 0.143. The molecule has 18 heavy (non-hydrogen) atoms. The van der Waals surface area contributed by atoms with Gasteiger partial charge in [0.25, 0.3) is 0 Å². The summed E-state index contributed by atoms with van der Waals surface area (Å²) in [6.07, 6.45) is 0. The predicted molar refractivity (Wildman–Crippen MR) is 74.5 cm³/mol. The van der Waals surface area contributed by atoms with E-state index in [-0.39, 0.29) is 5.82 Å². The number of para-hydroxylation sites is 1. The molecule has 0 bridgehead atoms. The molecular weight excluding hydrogens is 297 g/mol. The average molecular weight is 310 g/mol. The zero-order valence-corrected chi connectivity index (χ0v) is 11.3. The lowest BCUT2D eigenvalue weighted by molar-refractivity contribution is 0.332. The van der Waals surface area contributed by atoms with Crippen LogP contribution < -0.4 is 10.1 Å². The Morgan fingerprint density at radius 2 is 1.94 bits per heavy atom. The second-order valence-electron chi connectivity index (χ2n) is 3.71. The highest BCUT2D eigenvalue weighted by Gasteiger charge is 1.99. The van der Waals surface area contributed by atoms with Gasteiger partial charge >= 0.3 is 0 Å². The highest BCUT2D eigenvalue weighted by molar-refractivity contribution is 9.10. The lowest BCUT2D eigenvalue weighted by Gasteiger charge is -2.09. The molecule has 0 saturated heterocycles. The van der Waals surface area contributed by atoms with Crippen molar-refractivity contribution in [1.29, 1.82) is 0 Å². The summed E-state index contributed by atoms with van der Waals surface area (Å²) >= 11 is 3.37. The van der Waals surface area contributed by atoms with E-state index >= 15 is 0 Å². The number of hydrogen-bond acceptors (Lipinski definition) is 2. The van der Waals surface area contributed by atoms with Gasteiger partial charge in [0.05, 0.1) is 5.69 Å². The Balaban J connectivity index is 1.78. The Morgan fingerprint density at radius 3 is 2.72 bits per heavy atom. The fourth-order valence-corrected chi connectivity index (χ4v) is 1.89. The molecule has 4 heteroatoms. The SMILES string of the molecule is Fc1ccccc1NCCOc1cccc(Br)c1. The Bertz CT molecular complexity index is 519. The van der Waals surface area contributed by atoms with E-state index in [0.717, 1.165) is 10.2 Å². The molecule has 2 nitrogen and oxygen atoms in total. The van der Waals surface area contributed by atoms with Crippen molar-refractivity contribution in [2.45, 2.75) is 0 Å². The van der Waals surface area contributed by atoms with Crippen molar-refractivity contribution in [1.82, 2.24) is 0 Å². The van der Waals surface area contributed by atoms with E-state index in [1.54, 1.807) is 18.2 Å². The van der Waals surface area contributed by atoms with Crippen LogP contribution in [0, 0.1) is 5.82 Å². The van der Waals surface area contributed by atoms with Crippen LogP contribution in [0.4, 0.5) is 10.1 Å². The summed E-state index contributed by atoms with van der Waals surface area (Å²) in [6.45, 7) is 1.03. The van der Waals surface area contributed by atoms with E-state index in [1.165, 1.54) is 6.07 Å². The second kappa shape index (κ2) is 6.40. The van der Waals surface area contributed by atoms with Crippen molar-refractivity contribution in [3.63, 3.8) is 0 Å². The molecule has 2 rings (SSSR count). The van der Waals surface area contributed by atoms with Gasteiger partial charge < -0.3 is 10.1 Å². The molecule has 0 aromatic heterocycles. The minimum absolute atomic E-state index is 0.250.